The quantitative estimate of drug-likeness (QED) is 0.607. The molecule has 82 valence electrons. The van der Waals surface area contributed by atoms with Gasteiger partial charge in [0.15, 0.2) is 0 Å². The van der Waals surface area contributed by atoms with Crippen molar-refractivity contribution in [1.82, 2.24) is 0 Å². The Morgan fingerprint density at radius 2 is 1.80 bits per heavy atom. The number of likely N-dealkylation sites (tertiary alicyclic amines) is 1. The predicted molar refractivity (Wildman–Crippen MR) is 58.9 cm³/mol. The highest BCUT2D eigenvalue weighted by atomic mass is 16.5. The third-order valence-corrected chi connectivity index (χ3v) is 3.07. The van der Waals surface area contributed by atoms with Gasteiger partial charge in [0.05, 0.1) is 13.1 Å². The molecule has 1 aromatic rings. The SMILES string of the molecule is [O-][N+]1(C[C@@H](O)c2ccccc2)CCCC1. The number of hydroxylamine groups is 3. The lowest BCUT2D eigenvalue weighted by Gasteiger charge is -2.39. The van der Waals surface area contributed by atoms with Gasteiger partial charge in [-0.2, -0.15) is 0 Å². The minimum absolute atomic E-state index is 0.226. The highest BCUT2D eigenvalue weighted by Crippen LogP contribution is 2.23. The van der Waals surface area contributed by atoms with E-state index < -0.39 is 6.10 Å². The largest absolute Gasteiger partial charge is 0.633 e. The van der Waals surface area contributed by atoms with Gasteiger partial charge in [0.25, 0.3) is 0 Å². The Bertz CT molecular complexity index is 307. The standard InChI is InChI=1S/C12H17NO2/c14-12(11-6-2-1-3-7-11)10-13(15)8-4-5-9-13/h1-3,6-7,12,14H,4-5,8-10H2/t12-/m1/s1. The normalized spacial score (nSPS) is 21.5. The molecule has 1 atom stereocenters. The number of rotatable bonds is 3. The summed E-state index contributed by atoms with van der Waals surface area (Å²) in [4.78, 5) is 0. The average Bonchev–Trinajstić information content (AvgIpc) is 2.66. The second-order valence-corrected chi connectivity index (χ2v) is 4.32. The van der Waals surface area contributed by atoms with Crippen molar-refractivity contribution in [2.24, 2.45) is 0 Å². The Balaban J connectivity index is 2.00. The fourth-order valence-corrected chi connectivity index (χ4v) is 2.19. The van der Waals surface area contributed by atoms with Crippen LogP contribution in [0.5, 0.6) is 0 Å². The molecule has 0 aliphatic carbocycles. The van der Waals surface area contributed by atoms with Crippen LogP contribution in [0.15, 0.2) is 30.3 Å². The molecule has 1 N–H and O–H groups in total. The molecule has 0 spiro atoms. The van der Waals surface area contributed by atoms with Crippen LogP contribution in [-0.2, 0) is 0 Å². The van der Waals surface area contributed by atoms with Crippen molar-refractivity contribution in [2.45, 2.75) is 18.9 Å². The van der Waals surface area contributed by atoms with Crippen LogP contribution in [0.25, 0.3) is 0 Å². The first-order chi connectivity index (χ1) is 7.20. The molecule has 1 aromatic carbocycles. The maximum absolute atomic E-state index is 12.1. The first-order valence-electron chi connectivity index (χ1n) is 5.50. The van der Waals surface area contributed by atoms with E-state index in [1.165, 1.54) is 0 Å². The average molecular weight is 207 g/mol. The zero-order valence-corrected chi connectivity index (χ0v) is 8.80. The molecule has 1 aliphatic rings. The van der Waals surface area contributed by atoms with E-state index in [1.54, 1.807) is 0 Å². The molecule has 3 nitrogen and oxygen atoms in total. The van der Waals surface area contributed by atoms with E-state index in [0.717, 1.165) is 18.4 Å². The smallest absolute Gasteiger partial charge is 0.128 e. The third-order valence-electron chi connectivity index (χ3n) is 3.07. The lowest BCUT2D eigenvalue weighted by molar-refractivity contribution is -0.872. The van der Waals surface area contributed by atoms with Crippen molar-refractivity contribution < 1.29 is 9.75 Å². The summed E-state index contributed by atoms with van der Waals surface area (Å²) in [5.41, 5.74) is 0.845. The number of hydrogen-bond acceptors (Lipinski definition) is 2. The van der Waals surface area contributed by atoms with E-state index in [0.29, 0.717) is 19.6 Å². The minimum atomic E-state index is -0.623. The molecule has 0 bridgehead atoms. The van der Waals surface area contributed by atoms with Crippen LogP contribution in [-0.4, -0.2) is 29.4 Å². The van der Waals surface area contributed by atoms with Crippen molar-refractivity contribution in [1.29, 1.82) is 0 Å². The van der Waals surface area contributed by atoms with Crippen molar-refractivity contribution in [3.8, 4) is 0 Å². The summed E-state index contributed by atoms with van der Waals surface area (Å²) in [5, 5.41) is 22.0. The fourth-order valence-electron chi connectivity index (χ4n) is 2.19. The highest BCUT2D eigenvalue weighted by molar-refractivity contribution is 5.17. The van der Waals surface area contributed by atoms with Gasteiger partial charge in [-0.25, -0.2) is 0 Å². The zero-order valence-electron chi connectivity index (χ0n) is 8.80. The number of aliphatic hydroxyl groups is 1. The summed E-state index contributed by atoms with van der Waals surface area (Å²) in [6.45, 7) is 1.61. The second-order valence-electron chi connectivity index (χ2n) is 4.32. The van der Waals surface area contributed by atoms with Crippen LogP contribution in [0, 0.1) is 5.21 Å². The lowest BCUT2D eigenvalue weighted by atomic mass is 10.1. The topological polar surface area (TPSA) is 43.3 Å². The minimum Gasteiger partial charge on any atom is -0.633 e. The van der Waals surface area contributed by atoms with Crippen LogP contribution in [0.3, 0.4) is 0 Å². The summed E-state index contributed by atoms with van der Waals surface area (Å²) in [6, 6.07) is 9.42. The first-order valence-corrected chi connectivity index (χ1v) is 5.50. The number of benzene rings is 1. The Labute approximate surface area is 90.1 Å². The Kier molecular flexibility index (Phi) is 3.05. The third kappa shape index (κ3) is 2.56. The zero-order chi connectivity index (χ0) is 10.7. The van der Waals surface area contributed by atoms with Crippen LogP contribution >= 0.6 is 0 Å². The van der Waals surface area contributed by atoms with Gasteiger partial charge in [0.2, 0.25) is 0 Å². The molecule has 0 amide bonds. The summed E-state index contributed by atoms with van der Waals surface area (Å²) in [6.07, 6.45) is 1.36. The molecule has 0 radical (unpaired) electrons. The van der Waals surface area contributed by atoms with Crippen LogP contribution in [0.4, 0.5) is 0 Å². The van der Waals surface area contributed by atoms with E-state index in [1.807, 2.05) is 30.3 Å². The summed E-state index contributed by atoms with van der Waals surface area (Å²) in [7, 11) is 0. The van der Waals surface area contributed by atoms with Crippen LogP contribution in [0.1, 0.15) is 24.5 Å². The van der Waals surface area contributed by atoms with Crippen molar-refractivity contribution in [3.63, 3.8) is 0 Å². The van der Waals surface area contributed by atoms with Gasteiger partial charge in [-0.3, -0.25) is 0 Å². The summed E-state index contributed by atoms with van der Waals surface area (Å²) >= 11 is 0. The molecule has 0 saturated carbocycles. The number of aliphatic hydroxyl groups excluding tert-OH is 1. The second kappa shape index (κ2) is 4.31. The Hall–Kier alpha value is -0.900. The van der Waals surface area contributed by atoms with Crippen molar-refractivity contribution >= 4 is 0 Å². The first kappa shape index (κ1) is 10.6. The van der Waals surface area contributed by atoms with Gasteiger partial charge in [-0.05, 0) is 5.56 Å². The van der Waals surface area contributed by atoms with E-state index >= 15 is 0 Å². The molecule has 0 aromatic heterocycles. The number of nitrogens with zero attached hydrogens (tertiary/aromatic N) is 1. The van der Waals surface area contributed by atoms with E-state index in [-0.39, 0.29) is 4.65 Å². The van der Waals surface area contributed by atoms with Gasteiger partial charge >= 0.3 is 0 Å². The van der Waals surface area contributed by atoms with Crippen LogP contribution < -0.4 is 0 Å². The molecule has 1 saturated heterocycles. The molecule has 0 unspecified atom stereocenters. The Morgan fingerprint density at radius 3 is 2.40 bits per heavy atom. The Morgan fingerprint density at radius 1 is 1.20 bits per heavy atom. The molecular formula is C12H17NO2. The van der Waals surface area contributed by atoms with Crippen molar-refractivity contribution in [2.75, 3.05) is 19.6 Å². The van der Waals surface area contributed by atoms with Gasteiger partial charge in [-0.1, -0.05) is 30.3 Å². The monoisotopic (exact) mass is 207 g/mol. The summed E-state index contributed by atoms with van der Waals surface area (Å²) < 4.78 is -0.226. The van der Waals surface area contributed by atoms with Crippen molar-refractivity contribution in [3.05, 3.63) is 41.1 Å². The van der Waals surface area contributed by atoms with E-state index in [9.17, 15) is 10.3 Å². The maximum atomic E-state index is 12.1. The molecule has 1 heterocycles. The molecule has 1 aliphatic heterocycles. The summed E-state index contributed by atoms with van der Waals surface area (Å²) in [5.74, 6) is 0. The fraction of sp³-hybridized carbons (Fsp3) is 0.500. The van der Waals surface area contributed by atoms with Gasteiger partial charge < -0.3 is 15.0 Å². The highest BCUT2D eigenvalue weighted by Gasteiger charge is 2.26. The van der Waals surface area contributed by atoms with E-state index in [2.05, 4.69) is 0 Å². The number of hydrogen-bond donors (Lipinski definition) is 1. The predicted octanol–water partition coefficient (Wildman–Crippen LogP) is 1.83. The molecule has 15 heavy (non-hydrogen) atoms. The van der Waals surface area contributed by atoms with Gasteiger partial charge in [0, 0.05) is 12.8 Å². The molecule has 2 rings (SSSR count). The van der Waals surface area contributed by atoms with Gasteiger partial charge in [-0.15, -0.1) is 0 Å². The van der Waals surface area contributed by atoms with E-state index in [4.69, 9.17) is 0 Å². The van der Waals surface area contributed by atoms with Crippen LogP contribution in [0.2, 0.25) is 0 Å². The number of quaternary nitrogens is 1. The lowest BCUT2D eigenvalue weighted by Crippen LogP contribution is -2.42. The maximum Gasteiger partial charge on any atom is 0.128 e. The molecular weight excluding hydrogens is 190 g/mol. The molecule has 1 fully saturated rings. The molecule has 3 heteroatoms. The van der Waals surface area contributed by atoms with Gasteiger partial charge in [0.1, 0.15) is 12.6 Å².